The number of carbonyl (C=O) groups is 4. The predicted molar refractivity (Wildman–Crippen MR) is 179 cm³/mol. The Morgan fingerprint density at radius 2 is 1.63 bits per heavy atom. The van der Waals surface area contributed by atoms with Gasteiger partial charge < -0.3 is 31.4 Å². The number of rotatable bonds is 11. The Bertz CT molecular complexity index is 1870. The molecule has 1 aliphatic rings. The van der Waals surface area contributed by atoms with Gasteiger partial charge in [-0.25, -0.2) is 4.79 Å². The van der Waals surface area contributed by atoms with Gasteiger partial charge in [0.25, 0.3) is 17.7 Å². The summed E-state index contributed by atoms with van der Waals surface area (Å²) < 4.78 is 1.61. The average molecular weight is 621 g/mol. The van der Waals surface area contributed by atoms with Gasteiger partial charge in [-0.3, -0.25) is 19.3 Å². The van der Waals surface area contributed by atoms with Crippen LogP contribution in [0.4, 0.5) is 22.7 Å². The second-order valence-corrected chi connectivity index (χ2v) is 10.9. The minimum absolute atomic E-state index is 0.0542. The number of benzene rings is 3. The number of carboxylic acid groups (broad SMARTS) is 1. The van der Waals surface area contributed by atoms with Crippen LogP contribution in [0.5, 0.6) is 0 Å². The van der Waals surface area contributed by atoms with Crippen molar-refractivity contribution >= 4 is 58.1 Å². The molecule has 3 aromatic carbocycles. The molecule has 3 amide bonds. The van der Waals surface area contributed by atoms with E-state index >= 15 is 0 Å². The molecular weight excluding hydrogens is 584 g/mol. The van der Waals surface area contributed by atoms with Crippen molar-refractivity contribution in [2.45, 2.75) is 33.9 Å². The minimum atomic E-state index is -1.14. The first-order valence-corrected chi connectivity index (χ1v) is 14.9. The summed E-state index contributed by atoms with van der Waals surface area (Å²) >= 11 is 0. The monoisotopic (exact) mass is 620 g/mol. The Hall–Kier alpha value is -5.68. The molecule has 0 radical (unpaired) electrons. The van der Waals surface area contributed by atoms with Crippen molar-refractivity contribution in [3.05, 3.63) is 106 Å². The van der Waals surface area contributed by atoms with Crippen LogP contribution in [-0.4, -0.2) is 51.4 Å². The highest BCUT2D eigenvalue weighted by molar-refractivity contribution is 6.35. The van der Waals surface area contributed by atoms with Gasteiger partial charge >= 0.3 is 5.97 Å². The van der Waals surface area contributed by atoms with Crippen molar-refractivity contribution in [2.24, 2.45) is 5.73 Å². The summed E-state index contributed by atoms with van der Waals surface area (Å²) in [4.78, 5) is 52.9. The van der Waals surface area contributed by atoms with Gasteiger partial charge in [0.2, 0.25) is 0 Å². The Morgan fingerprint density at radius 3 is 2.28 bits per heavy atom. The Balaban J connectivity index is 1.52. The normalized spacial score (nSPS) is 13.8. The molecule has 236 valence electrons. The van der Waals surface area contributed by atoms with Gasteiger partial charge in [-0.2, -0.15) is 0 Å². The van der Waals surface area contributed by atoms with E-state index in [1.807, 2.05) is 49.1 Å². The molecule has 46 heavy (non-hydrogen) atoms. The summed E-state index contributed by atoms with van der Waals surface area (Å²) in [5.74, 6) is -2.36. The van der Waals surface area contributed by atoms with E-state index in [0.717, 1.165) is 0 Å². The highest BCUT2D eigenvalue weighted by Gasteiger charge is 2.33. The SMILES string of the molecule is CCN(CC)C(C(N)=O)n1c(C)c(C(=O)O)c(C)c1C=C1C(=O)Nc2ccc(Nc3cccc(NC(=O)c4ccccc4)c3)cc21. The van der Waals surface area contributed by atoms with Crippen LogP contribution in [0.3, 0.4) is 0 Å². The molecule has 5 rings (SSSR count). The molecule has 1 aliphatic heterocycles. The van der Waals surface area contributed by atoms with Crippen molar-refractivity contribution in [1.82, 2.24) is 9.47 Å². The topological polar surface area (TPSA) is 159 Å². The highest BCUT2D eigenvalue weighted by atomic mass is 16.4. The van der Waals surface area contributed by atoms with Gasteiger partial charge in [0, 0.05) is 45.3 Å². The summed E-state index contributed by atoms with van der Waals surface area (Å²) in [6.07, 6.45) is 0.666. The molecule has 1 aromatic heterocycles. The number of carbonyl (C=O) groups excluding carboxylic acids is 3. The van der Waals surface area contributed by atoms with Crippen molar-refractivity contribution in [3.8, 4) is 0 Å². The molecule has 1 unspecified atom stereocenters. The summed E-state index contributed by atoms with van der Waals surface area (Å²) in [6.45, 7) is 8.07. The van der Waals surface area contributed by atoms with Crippen molar-refractivity contribution in [2.75, 3.05) is 29.0 Å². The quantitative estimate of drug-likeness (QED) is 0.136. The number of fused-ring (bicyclic) bond motifs is 1. The molecule has 0 bridgehead atoms. The summed E-state index contributed by atoms with van der Waals surface area (Å²) in [5, 5.41) is 19.2. The van der Waals surface area contributed by atoms with Crippen molar-refractivity contribution in [3.63, 3.8) is 0 Å². The molecule has 0 fully saturated rings. The average Bonchev–Trinajstić information content (AvgIpc) is 3.47. The number of hydrogen-bond acceptors (Lipinski definition) is 6. The highest BCUT2D eigenvalue weighted by Crippen LogP contribution is 2.38. The lowest BCUT2D eigenvalue weighted by Gasteiger charge is -2.30. The fourth-order valence-corrected chi connectivity index (χ4v) is 5.91. The molecule has 11 nitrogen and oxygen atoms in total. The number of anilines is 4. The summed E-state index contributed by atoms with van der Waals surface area (Å²) in [5.41, 5.74) is 11.2. The minimum Gasteiger partial charge on any atom is -0.478 e. The van der Waals surface area contributed by atoms with E-state index in [2.05, 4.69) is 16.0 Å². The van der Waals surface area contributed by atoms with Crippen LogP contribution in [0.15, 0.2) is 72.8 Å². The molecule has 0 spiro atoms. The first-order chi connectivity index (χ1) is 22.0. The zero-order chi connectivity index (χ0) is 33.1. The van der Waals surface area contributed by atoms with Gasteiger partial charge in [-0.15, -0.1) is 0 Å². The smallest absolute Gasteiger partial charge is 0.337 e. The second kappa shape index (κ2) is 13.1. The van der Waals surface area contributed by atoms with E-state index in [0.29, 0.717) is 69.5 Å². The van der Waals surface area contributed by atoms with Gasteiger partial charge in [0.05, 0.1) is 11.1 Å². The number of hydrogen-bond donors (Lipinski definition) is 5. The van der Waals surface area contributed by atoms with Crippen molar-refractivity contribution in [1.29, 1.82) is 0 Å². The third-order valence-corrected chi connectivity index (χ3v) is 8.14. The van der Waals surface area contributed by atoms with E-state index in [-0.39, 0.29) is 17.4 Å². The van der Waals surface area contributed by atoms with Crippen LogP contribution >= 0.6 is 0 Å². The van der Waals surface area contributed by atoms with E-state index in [4.69, 9.17) is 5.73 Å². The lowest BCUT2D eigenvalue weighted by Crippen LogP contribution is -2.42. The maximum absolute atomic E-state index is 13.3. The molecule has 11 heteroatoms. The fraction of sp³-hybridized carbons (Fsp3) is 0.200. The Labute approximate surface area is 266 Å². The van der Waals surface area contributed by atoms with Gasteiger partial charge in [0.15, 0.2) is 6.17 Å². The molecule has 4 aromatic rings. The first-order valence-electron chi connectivity index (χ1n) is 14.9. The predicted octanol–water partition coefficient (Wildman–Crippen LogP) is 5.62. The molecule has 6 N–H and O–H groups in total. The molecule has 0 saturated carbocycles. The lowest BCUT2D eigenvalue weighted by atomic mass is 10.0. The molecule has 0 aliphatic carbocycles. The third-order valence-electron chi connectivity index (χ3n) is 8.14. The van der Waals surface area contributed by atoms with Crippen LogP contribution < -0.4 is 21.7 Å². The maximum atomic E-state index is 13.3. The van der Waals surface area contributed by atoms with Crippen molar-refractivity contribution < 1.29 is 24.3 Å². The number of carboxylic acids is 1. The number of nitrogens with two attached hydrogens (primary N) is 1. The van der Waals surface area contributed by atoms with Crippen LogP contribution in [0.25, 0.3) is 11.6 Å². The fourth-order valence-electron chi connectivity index (χ4n) is 5.91. The van der Waals surface area contributed by atoms with E-state index in [1.54, 1.807) is 67.0 Å². The summed E-state index contributed by atoms with van der Waals surface area (Å²) in [7, 11) is 0. The van der Waals surface area contributed by atoms with E-state index in [9.17, 15) is 24.3 Å². The van der Waals surface area contributed by atoms with Crippen LogP contribution in [-0.2, 0) is 9.59 Å². The Morgan fingerprint density at radius 1 is 0.957 bits per heavy atom. The van der Waals surface area contributed by atoms with Gasteiger partial charge in [0.1, 0.15) is 0 Å². The molecule has 1 atom stereocenters. The largest absolute Gasteiger partial charge is 0.478 e. The number of nitrogens with one attached hydrogen (secondary N) is 3. The molecule has 0 saturated heterocycles. The van der Waals surface area contributed by atoms with Gasteiger partial charge in [-0.1, -0.05) is 38.1 Å². The van der Waals surface area contributed by atoms with Crippen LogP contribution in [0.2, 0.25) is 0 Å². The second-order valence-electron chi connectivity index (χ2n) is 10.9. The maximum Gasteiger partial charge on any atom is 0.337 e. The number of amides is 3. The number of aromatic carboxylic acids is 1. The number of primary amides is 1. The summed E-state index contributed by atoms with van der Waals surface area (Å²) in [6, 6.07) is 21.6. The number of aromatic nitrogens is 1. The van der Waals surface area contributed by atoms with Crippen LogP contribution in [0, 0.1) is 13.8 Å². The van der Waals surface area contributed by atoms with E-state index < -0.39 is 18.0 Å². The number of likely N-dealkylation sites (N-methyl/N-ethyl adjacent to an activating group) is 1. The van der Waals surface area contributed by atoms with E-state index in [1.165, 1.54) is 0 Å². The van der Waals surface area contributed by atoms with Crippen LogP contribution in [0.1, 0.15) is 63.2 Å². The zero-order valence-corrected chi connectivity index (χ0v) is 26.0. The standard InChI is InChI=1S/C35H36N6O5/c1-5-40(6-2)34(31(36)42)41-21(4)30(35(45)46)20(3)29(41)19-27-26-18-25(15-16-28(26)39-33(27)44)37-23-13-10-14-24(17-23)38-32(43)22-11-8-7-9-12-22/h7-19,34,37H,5-6H2,1-4H3,(H2,36,42)(H,38,43)(H,39,44)(H,45,46). The first kappa shape index (κ1) is 31.7. The third kappa shape index (κ3) is 6.13. The molecular formula is C35H36N6O5. The lowest BCUT2D eigenvalue weighted by molar-refractivity contribution is -0.126. The Kier molecular flexibility index (Phi) is 9.06. The molecule has 2 heterocycles. The van der Waals surface area contributed by atoms with Gasteiger partial charge in [-0.05, 0) is 87.1 Å². The zero-order valence-electron chi connectivity index (χ0n) is 26.0. The number of nitrogens with zero attached hydrogens (tertiary/aromatic N) is 2.